The molecule has 32 heavy (non-hydrogen) atoms. The van der Waals surface area contributed by atoms with E-state index in [2.05, 4.69) is 79.1 Å². The van der Waals surface area contributed by atoms with E-state index in [1.54, 1.807) is 0 Å². The fourth-order valence-corrected chi connectivity index (χ4v) is 4.60. The van der Waals surface area contributed by atoms with Gasteiger partial charge >= 0.3 is 5.97 Å². The maximum atomic E-state index is 11.9. The Balaban J connectivity index is 1.44. The first kappa shape index (κ1) is 21.9. The minimum atomic E-state index is -0.293. The molecule has 0 aliphatic carbocycles. The third kappa shape index (κ3) is 4.96. The number of carbonyl (C=O) groups excluding carboxylic acids is 1. The van der Waals surface area contributed by atoms with E-state index in [9.17, 15) is 4.79 Å². The van der Waals surface area contributed by atoms with Crippen molar-refractivity contribution in [2.45, 2.75) is 39.2 Å². The van der Waals surface area contributed by atoms with Gasteiger partial charge in [-0.2, -0.15) is 0 Å². The number of ether oxygens (including phenoxy) is 1. The molecule has 1 unspecified atom stereocenters. The van der Waals surface area contributed by atoms with Gasteiger partial charge in [-0.05, 0) is 71.7 Å². The van der Waals surface area contributed by atoms with Crippen LogP contribution in [0, 0.1) is 5.41 Å². The molecular formula is C28H32N2O2. The number of methoxy groups -OCH3 is 1. The Labute approximate surface area is 191 Å². The van der Waals surface area contributed by atoms with E-state index >= 15 is 0 Å². The van der Waals surface area contributed by atoms with Crippen molar-refractivity contribution in [2.75, 3.05) is 24.3 Å². The van der Waals surface area contributed by atoms with E-state index in [-0.39, 0.29) is 17.4 Å². The lowest BCUT2D eigenvalue weighted by molar-refractivity contribution is 0.0600. The lowest BCUT2D eigenvalue weighted by atomic mass is 9.72. The first-order chi connectivity index (χ1) is 15.5. The van der Waals surface area contributed by atoms with E-state index in [0.717, 1.165) is 42.7 Å². The predicted octanol–water partition coefficient (Wildman–Crippen LogP) is 6.25. The summed E-state index contributed by atoms with van der Waals surface area (Å²) in [7, 11) is 1.42. The van der Waals surface area contributed by atoms with Crippen molar-refractivity contribution in [3.8, 4) is 0 Å². The van der Waals surface area contributed by atoms with Gasteiger partial charge in [-0.3, -0.25) is 0 Å². The fraction of sp³-hybridized carbons (Fsp3) is 0.321. The normalized spacial score (nSPS) is 16.5. The minimum Gasteiger partial charge on any atom is -0.465 e. The van der Waals surface area contributed by atoms with E-state index in [4.69, 9.17) is 4.74 Å². The van der Waals surface area contributed by atoms with Gasteiger partial charge in [-0.25, -0.2) is 4.79 Å². The summed E-state index contributed by atoms with van der Waals surface area (Å²) < 4.78 is 4.88. The second-order valence-electron chi connectivity index (χ2n) is 9.25. The summed E-state index contributed by atoms with van der Waals surface area (Å²) in [6, 6.07) is 25.3. The van der Waals surface area contributed by atoms with Gasteiger partial charge < -0.3 is 15.4 Å². The minimum absolute atomic E-state index is 0.00627. The molecule has 2 N–H and O–H groups in total. The van der Waals surface area contributed by atoms with Crippen molar-refractivity contribution in [3.05, 3.63) is 95.1 Å². The molecule has 1 atom stereocenters. The summed E-state index contributed by atoms with van der Waals surface area (Å²) in [5, 5.41) is 7.31. The van der Waals surface area contributed by atoms with Crippen molar-refractivity contribution in [1.82, 2.24) is 0 Å². The van der Waals surface area contributed by atoms with Crippen LogP contribution in [0.2, 0.25) is 0 Å². The van der Waals surface area contributed by atoms with E-state index in [0.29, 0.717) is 5.56 Å². The molecule has 0 saturated heterocycles. The van der Waals surface area contributed by atoms with Crippen LogP contribution in [-0.4, -0.2) is 19.6 Å². The molecule has 4 rings (SSSR count). The van der Waals surface area contributed by atoms with Crippen LogP contribution in [-0.2, 0) is 17.6 Å². The Morgan fingerprint density at radius 1 is 1.06 bits per heavy atom. The van der Waals surface area contributed by atoms with Crippen molar-refractivity contribution in [3.63, 3.8) is 0 Å². The van der Waals surface area contributed by atoms with Crippen LogP contribution in [0.1, 0.15) is 53.4 Å². The van der Waals surface area contributed by atoms with Crippen molar-refractivity contribution < 1.29 is 9.53 Å². The molecule has 166 valence electrons. The first-order valence-electron chi connectivity index (χ1n) is 11.3. The standard InChI is InChI=1S/C28H32N2O2/c1-28(2)19-23-17-22(27(31)32-3)14-15-25(23)30-26(28)21-12-7-13-24(18-21)29-16-8-11-20-9-5-4-6-10-20/h4-7,9-10,12-15,17-18,26,29-30H,8,11,16,19H2,1-3H3. The molecule has 3 aromatic carbocycles. The SMILES string of the molecule is COC(=O)c1ccc2c(c1)CC(C)(C)C(c1cccc(NCCCc3ccccc3)c1)N2. The molecular weight excluding hydrogens is 396 g/mol. The Morgan fingerprint density at radius 2 is 1.88 bits per heavy atom. The fourth-order valence-electron chi connectivity index (χ4n) is 4.60. The molecule has 3 aromatic rings. The summed E-state index contributed by atoms with van der Waals surface area (Å²) in [5.41, 5.74) is 6.64. The zero-order valence-electron chi connectivity index (χ0n) is 19.2. The Bertz CT molecular complexity index is 1080. The molecule has 1 aliphatic rings. The number of hydrogen-bond acceptors (Lipinski definition) is 4. The van der Waals surface area contributed by atoms with E-state index in [1.165, 1.54) is 18.2 Å². The van der Waals surface area contributed by atoms with E-state index < -0.39 is 0 Å². The number of nitrogens with one attached hydrogen (secondary N) is 2. The van der Waals surface area contributed by atoms with Gasteiger partial charge in [0, 0.05) is 17.9 Å². The van der Waals surface area contributed by atoms with E-state index in [1.807, 2.05) is 18.2 Å². The van der Waals surface area contributed by atoms with Crippen molar-refractivity contribution >= 4 is 17.3 Å². The molecule has 0 amide bonds. The molecule has 0 radical (unpaired) electrons. The van der Waals surface area contributed by atoms with Gasteiger partial charge in [0.1, 0.15) is 0 Å². The Morgan fingerprint density at radius 3 is 2.66 bits per heavy atom. The molecule has 0 saturated carbocycles. The average molecular weight is 429 g/mol. The quantitative estimate of drug-likeness (QED) is 0.345. The zero-order valence-corrected chi connectivity index (χ0v) is 19.2. The summed E-state index contributed by atoms with van der Waals surface area (Å²) in [6.45, 7) is 5.50. The van der Waals surface area contributed by atoms with Crippen LogP contribution < -0.4 is 10.6 Å². The second-order valence-corrected chi connectivity index (χ2v) is 9.25. The summed E-state index contributed by atoms with van der Waals surface area (Å²) >= 11 is 0. The van der Waals surface area contributed by atoms with Gasteiger partial charge in [-0.1, -0.05) is 56.3 Å². The van der Waals surface area contributed by atoms with Gasteiger partial charge in [0.15, 0.2) is 0 Å². The number of hydrogen-bond donors (Lipinski definition) is 2. The van der Waals surface area contributed by atoms with Gasteiger partial charge in [0.25, 0.3) is 0 Å². The number of rotatable bonds is 7. The third-order valence-electron chi connectivity index (χ3n) is 6.29. The van der Waals surface area contributed by atoms with Crippen LogP contribution in [0.4, 0.5) is 11.4 Å². The molecule has 1 aliphatic heterocycles. The van der Waals surface area contributed by atoms with Crippen molar-refractivity contribution in [1.29, 1.82) is 0 Å². The zero-order chi connectivity index (χ0) is 22.6. The molecule has 4 heteroatoms. The highest BCUT2D eigenvalue weighted by Crippen LogP contribution is 2.45. The number of esters is 1. The largest absolute Gasteiger partial charge is 0.465 e. The number of carbonyl (C=O) groups is 1. The van der Waals surface area contributed by atoms with Crippen LogP contribution >= 0.6 is 0 Å². The first-order valence-corrected chi connectivity index (χ1v) is 11.3. The highest BCUT2D eigenvalue weighted by molar-refractivity contribution is 5.90. The molecule has 0 bridgehead atoms. The number of anilines is 2. The third-order valence-corrected chi connectivity index (χ3v) is 6.29. The summed E-state index contributed by atoms with van der Waals surface area (Å²) in [4.78, 5) is 11.9. The van der Waals surface area contributed by atoms with Gasteiger partial charge in [0.2, 0.25) is 0 Å². The topological polar surface area (TPSA) is 50.4 Å². The smallest absolute Gasteiger partial charge is 0.337 e. The molecule has 4 nitrogen and oxygen atoms in total. The van der Waals surface area contributed by atoms with Crippen molar-refractivity contribution in [2.24, 2.45) is 5.41 Å². The maximum Gasteiger partial charge on any atom is 0.337 e. The van der Waals surface area contributed by atoms with Crippen LogP contribution in [0.25, 0.3) is 0 Å². The average Bonchev–Trinajstić information content (AvgIpc) is 2.81. The maximum absolute atomic E-state index is 11.9. The summed E-state index contributed by atoms with van der Waals surface area (Å²) in [5.74, 6) is -0.293. The molecule has 0 spiro atoms. The molecule has 0 fully saturated rings. The van der Waals surface area contributed by atoms with Crippen LogP contribution in [0.3, 0.4) is 0 Å². The lowest BCUT2D eigenvalue weighted by Gasteiger charge is -2.41. The second kappa shape index (κ2) is 9.47. The Hall–Kier alpha value is -3.27. The number of benzene rings is 3. The number of fused-ring (bicyclic) bond motifs is 1. The Kier molecular flexibility index (Phi) is 6.50. The van der Waals surface area contributed by atoms with Crippen LogP contribution in [0.5, 0.6) is 0 Å². The highest BCUT2D eigenvalue weighted by Gasteiger charge is 2.36. The summed E-state index contributed by atoms with van der Waals surface area (Å²) in [6.07, 6.45) is 3.06. The highest BCUT2D eigenvalue weighted by atomic mass is 16.5. The lowest BCUT2D eigenvalue weighted by Crippen LogP contribution is -2.35. The monoisotopic (exact) mass is 428 g/mol. The molecule has 1 heterocycles. The van der Waals surface area contributed by atoms with Gasteiger partial charge in [-0.15, -0.1) is 0 Å². The predicted molar refractivity (Wildman–Crippen MR) is 131 cm³/mol. The molecule has 0 aromatic heterocycles. The number of aryl methyl sites for hydroxylation is 1. The van der Waals surface area contributed by atoms with Crippen LogP contribution in [0.15, 0.2) is 72.8 Å². The van der Waals surface area contributed by atoms with Gasteiger partial charge in [0.05, 0.1) is 18.7 Å².